The molecule has 2 rings (SSSR count). The molecule has 146 valence electrons. The Bertz CT molecular complexity index is 883. The van der Waals surface area contributed by atoms with Gasteiger partial charge in [0.2, 0.25) is 10.0 Å². The first-order valence-electron chi connectivity index (χ1n) is 8.66. The second kappa shape index (κ2) is 9.73. The van der Waals surface area contributed by atoms with E-state index in [1.807, 2.05) is 31.2 Å². The van der Waals surface area contributed by atoms with Gasteiger partial charge in [-0.25, -0.2) is 13.1 Å². The molecule has 27 heavy (non-hydrogen) atoms. The second-order valence-electron chi connectivity index (χ2n) is 5.88. The van der Waals surface area contributed by atoms with Crippen LogP contribution in [0.4, 0.5) is 5.69 Å². The Balaban J connectivity index is 1.96. The number of halogens is 1. The first-order valence-corrected chi connectivity index (χ1v) is 10.5. The van der Waals surface area contributed by atoms with E-state index in [0.717, 1.165) is 6.42 Å². The van der Waals surface area contributed by atoms with Gasteiger partial charge in [-0.2, -0.15) is 0 Å². The number of amides is 1. The standard InChI is InChI=1S/C19H23ClN2O4S/c1-3-11-21-27(24,25)16-9-10-18(17(20)12-16)26-13-19(23)22-15-7-5-14(4-2)6-8-15/h5-10,12,21H,3-4,11,13H2,1-2H3,(H,22,23). The average molecular weight is 411 g/mol. The minimum absolute atomic E-state index is 0.0498. The minimum Gasteiger partial charge on any atom is -0.482 e. The molecule has 0 aromatic heterocycles. The van der Waals surface area contributed by atoms with Crippen LogP contribution in [-0.2, 0) is 21.2 Å². The maximum absolute atomic E-state index is 12.1. The van der Waals surface area contributed by atoms with Crippen molar-refractivity contribution in [1.82, 2.24) is 4.72 Å². The quantitative estimate of drug-likeness (QED) is 0.661. The van der Waals surface area contributed by atoms with Gasteiger partial charge in [-0.1, -0.05) is 37.6 Å². The normalized spacial score (nSPS) is 11.2. The Morgan fingerprint density at radius 3 is 2.41 bits per heavy atom. The molecular formula is C19H23ClN2O4S. The molecule has 2 aromatic carbocycles. The van der Waals surface area contributed by atoms with Crippen LogP contribution in [0.1, 0.15) is 25.8 Å². The van der Waals surface area contributed by atoms with Gasteiger partial charge >= 0.3 is 0 Å². The predicted molar refractivity (Wildman–Crippen MR) is 107 cm³/mol. The summed E-state index contributed by atoms with van der Waals surface area (Å²) in [7, 11) is -3.61. The maximum Gasteiger partial charge on any atom is 0.262 e. The van der Waals surface area contributed by atoms with Crippen LogP contribution < -0.4 is 14.8 Å². The van der Waals surface area contributed by atoms with Gasteiger partial charge in [-0.05, 0) is 48.7 Å². The third-order valence-electron chi connectivity index (χ3n) is 3.76. The number of carbonyl (C=O) groups is 1. The highest BCUT2D eigenvalue weighted by atomic mass is 35.5. The fraction of sp³-hybridized carbons (Fsp3) is 0.316. The minimum atomic E-state index is -3.61. The van der Waals surface area contributed by atoms with Crippen molar-refractivity contribution in [3.63, 3.8) is 0 Å². The Kier molecular flexibility index (Phi) is 7.65. The molecule has 0 saturated carbocycles. The lowest BCUT2D eigenvalue weighted by molar-refractivity contribution is -0.118. The van der Waals surface area contributed by atoms with Crippen LogP contribution in [0.25, 0.3) is 0 Å². The third-order valence-corrected chi connectivity index (χ3v) is 5.51. The van der Waals surface area contributed by atoms with Gasteiger partial charge in [-0.15, -0.1) is 0 Å². The summed E-state index contributed by atoms with van der Waals surface area (Å²) in [5, 5.41) is 2.85. The highest BCUT2D eigenvalue weighted by molar-refractivity contribution is 7.89. The van der Waals surface area contributed by atoms with Crippen LogP contribution in [0, 0.1) is 0 Å². The average Bonchev–Trinajstić information content (AvgIpc) is 2.66. The second-order valence-corrected chi connectivity index (χ2v) is 8.05. The lowest BCUT2D eigenvalue weighted by Gasteiger charge is -2.11. The molecule has 0 bridgehead atoms. The van der Waals surface area contributed by atoms with Crippen molar-refractivity contribution in [2.24, 2.45) is 0 Å². The van der Waals surface area contributed by atoms with Crippen LogP contribution in [0.5, 0.6) is 5.75 Å². The summed E-state index contributed by atoms with van der Waals surface area (Å²) < 4.78 is 32.1. The summed E-state index contributed by atoms with van der Waals surface area (Å²) in [4.78, 5) is 12.1. The monoisotopic (exact) mass is 410 g/mol. The van der Waals surface area contributed by atoms with E-state index in [1.165, 1.54) is 23.8 Å². The number of rotatable bonds is 9. The third kappa shape index (κ3) is 6.23. The summed E-state index contributed by atoms with van der Waals surface area (Å²) in [6, 6.07) is 11.7. The molecule has 0 fully saturated rings. The lowest BCUT2D eigenvalue weighted by Crippen LogP contribution is -2.24. The largest absolute Gasteiger partial charge is 0.482 e. The van der Waals surface area contributed by atoms with Crippen LogP contribution in [0.2, 0.25) is 5.02 Å². The summed E-state index contributed by atoms with van der Waals surface area (Å²) in [5.41, 5.74) is 1.86. The van der Waals surface area contributed by atoms with Crippen molar-refractivity contribution >= 4 is 33.2 Å². The molecule has 8 heteroatoms. The van der Waals surface area contributed by atoms with E-state index in [2.05, 4.69) is 17.0 Å². The number of aryl methyl sites for hydroxylation is 1. The number of sulfonamides is 1. The fourth-order valence-electron chi connectivity index (χ4n) is 2.25. The molecule has 1 amide bonds. The number of hydrogen-bond acceptors (Lipinski definition) is 4. The van der Waals surface area contributed by atoms with Gasteiger partial charge in [0.25, 0.3) is 5.91 Å². The Labute approximate surface area is 164 Å². The fourth-order valence-corrected chi connectivity index (χ4v) is 3.71. The summed E-state index contributed by atoms with van der Waals surface area (Å²) in [6.07, 6.45) is 1.61. The molecule has 6 nitrogen and oxygen atoms in total. The van der Waals surface area contributed by atoms with Crippen molar-refractivity contribution < 1.29 is 17.9 Å². The molecule has 2 N–H and O–H groups in total. The molecular weight excluding hydrogens is 388 g/mol. The Morgan fingerprint density at radius 1 is 1.11 bits per heavy atom. The first-order chi connectivity index (χ1) is 12.9. The zero-order valence-corrected chi connectivity index (χ0v) is 16.9. The molecule has 0 aliphatic heterocycles. The van der Waals surface area contributed by atoms with E-state index < -0.39 is 10.0 Å². The van der Waals surface area contributed by atoms with Crippen molar-refractivity contribution in [3.05, 3.63) is 53.1 Å². The summed E-state index contributed by atoms with van der Waals surface area (Å²) >= 11 is 6.10. The van der Waals surface area contributed by atoms with Gasteiger partial charge in [0.1, 0.15) is 5.75 Å². The first kappa shape index (κ1) is 21.2. The van der Waals surface area contributed by atoms with E-state index in [9.17, 15) is 13.2 Å². The molecule has 0 spiro atoms. The zero-order valence-electron chi connectivity index (χ0n) is 15.3. The topological polar surface area (TPSA) is 84.5 Å². The molecule has 2 aromatic rings. The van der Waals surface area contributed by atoms with Crippen LogP contribution in [-0.4, -0.2) is 27.5 Å². The van der Waals surface area contributed by atoms with Gasteiger partial charge in [-0.3, -0.25) is 4.79 Å². The van der Waals surface area contributed by atoms with Crippen molar-refractivity contribution in [3.8, 4) is 5.75 Å². The number of ether oxygens (including phenoxy) is 1. The van der Waals surface area contributed by atoms with Crippen LogP contribution >= 0.6 is 11.6 Å². The smallest absolute Gasteiger partial charge is 0.262 e. The molecule has 0 radical (unpaired) electrons. The highest BCUT2D eigenvalue weighted by Crippen LogP contribution is 2.27. The van der Waals surface area contributed by atoms with Crippen molar-refractivity contribution in [1.29, 1.82) is 0 Å². The van der Waals surface area contributed by atoms with Gasteiger partial charge in [0.15, 0.2) is 6.61 Å². The molecule has 0 aliphatic rings. The van der Waals surface area contributed by atoms with Crippen LogP contribution in [0.3, 0.4) is 0 Å². The SMILES string of the molecule is CCCNS(=O)(=O)c1ccc(OCC(=O)Nc2ccc(CC)cc2)c(Cl)c1. The molecule has 0 atom stereocenters. The van der Waals surface area contributed by atoms with E-state index in [-0.39, 0.29) is 28.2 Å². The van der Waals surface area contributed by atoms with Crippen LogP contribution in [0.15, 0.2) is 47.4 Å². The van der Waals surface area contributed by atoms with Gasteiger partial charge < -0.3 is 10.1 Å². The van der Waals surface area contributed by atoms with E-state index in [0.29, 0.717) is 18.7 Å². The number of carbonyl (C=O) groups excluding carboxylic acids is 1. The lowest BCUT2D eigenvalue weighted by atomic mass is 10.1. The Morgan fingerprint density at radius 2 is 1.81 bits per heavy atom. The number of benzene rings is 2. The summed E-state index contributed by atoms with van der Waals surface area (Å²) in [5.74, 6) is -0.0979. The van der Waals surface area contributed by atoms with E-state index in [4.69, 9.17) is 16.3 Å². The molecule has 0 unspecified atom stereocenters. The van der Waals surface area contributed by atoms with Crippen molar-refractivity contribution in [2.75, 3.05) is 18.5 Å². The van der Waals surface area contributed by atoms with E-state index >= 15 is 0 Å². The maximum atomic E-state index is 12.1. The summed E-state index contributed by atoms with van der Waals surface area (Å²) in [6.45, 7) is 4.03. The molecule has 0 heterocycles. The highest BCUT2D eigenvalue weighted by Gasteiger charge is 2.16. The predicted octanol–water partition coefficient (Wildman–Crippen LogP) is 3.61. The Hall–Kier alpha value is -2.09. The molecule has 0 saturated heterocycles. The van der Waals surface area contributed by atoms with E-state index in [1.54, 1.807) is 0 Å². The van der Waals surface area contributed by atoms with Crippen molar-refractivity contribution in [2.45, 2.75) is 31.6 Å². The van der Waals surface area contributed by atoms with Gasteiger partial charge in [0, 0.05) is 12.2 Å². The molecule has 0 aliphatic carbocycles. The number of hydrogen-bond donors (Lipinski definition) is 2. The number of nitrogens with one attached hydrogen (secondary N) is 2. The zero-order chi connectivity index (χ0) is 19.9. The van der Waals surface area contributed by atoms with Gasteiger partial charge in [0.05, 0.1) is 9.92 Å². The number of anilines is 1.